The normalized spacial score (nSPS) is 19.8. The van der Waals surface area contributed by atoms with Crippen molar-refractivity contribution in [3.63, 3.8) is 0 Å². The van der Waals surface area contributed by atoms with Gasteiger partial charge >= 0.3 is 0 Å². The van der Waals surface area contributed by atoms with Gasteiger partial charge in [0.15, 0.2) is 0 Å². The van der Waals surface area contributed by atoms with Crippen molar-refractivity contribution in [1.82, 2.24) is 15.3 Å². The van der Waals surface area contributed by atoms with Crippen LogP contribution in [0, 0.1) is 0 Å². The molecule has 1 N–H and O–H groups in total. The molecule has 1 fully saturated rings. The summed E-state index contributed by atoms with van der Waals surface area (Å²) < 4.78 is 0. The number of rotatable bonds is 2. The number of hydrogen-bond donors (Lipinski definition) is 1. The molecule has 106 valence electrons. The first-order chi connectivity index (χ1) is 9.51. The smallest absolute Gasteiger partial charge is 0.129 e. The molecule has 1 aliphatic heterocycles. The van der Waals surface area contributed by atoms with Gasteiger partial charge in [-0.05, 0) is 51.5 Å². The van der Waals surface area contributed by atoms with Crippen molar-refractivity contribution in [3.05, 3.63) is 30.5 Å². The summed E-state index contributed by atoms with van der Waals surface area (Å²) in [4.78, 5) is 11.4. The van der Waals surface area contributed by atoms with Crippen LogP contribution in [0.15, 0.2) is 30.5 Å². The minimum Gasteiger partial charge on any atom is -0.355 e. The third kappa shape index (κ3) is 2.90. The van der Waals surface area contributed by atoms with Crippen LogP contribution in [0.5, 0.6) is 0 Å². The van der Waals surface area contributed by atoms with E-state index in [2.05, 4.69) is 48.1 Å². The van der Waals surface area contributed by atoms with E-state index >= 15 is 0 Å². The van der Waals surface area contributed by atoms with Crippen molar-refractivity contribution in [1.29, 1.82) is 0 Å². The lowest BCUT2D eigenvalue weighted by Gasteiger charge is -2.26. The Hall–Kier alpha value is -1.68. The van der Waals surface area contributed by atoms with E-state index in [9.17, 15) is 0 Å². The van der Waals surface area contributed by atoms with Crippen LogP contribution in [-0.2, 0) is 0 Å². The van der Waals surface area contributed by atoms with Gasteiger partial charge in [-0.2, -0.15) is 0 Å². The molecule has 0 spiro atoms. The SMILES string of the molecule is CC(C)(C)NC1CCN(c2ccc3ncccc3n2)C1. The van der Waals surface area contributed by atoms with Gasteiger partial charge in [-0.1, -0.05) is 0 Å². The van der Waals surface area contributed by atoms with Crippen LogP contribution >= 0.6 is 0 Å². The highest BCUT2D eigenvalue weighted by molar-refractivity contribution is 5.75. The van der Waals surface area contributed by atoms with Crippen LogP contribution in [-0.4, -0.2) is 34.6 Å². The van der Waals surface area contributed by atoms with Crippen LogP contribution in [0.25, 0.3) is 11.0 Å². The van der Waals surface area contributed by atoms with Crippen LogP contribution in [0.2, 0.25) is 0 Å². The third-order valence-electron chi connectivity index (χ3n) is 3.59. The Labute approximate surface area is 120 Å². The average Bonchev–Trinajstić information content (AvgIpc) is 2.84. The molecule has 4 nitrogen and oxygen atoms in total. The lowest BCUT2D eigenvalue weighted by molar-refractivity contribution is 0.373. The van der Waals surface area contributed by atoms with E-state index in [1.807, 2.05) is 18.3 Å². The highest BCUT2D eigenvalue weighted by Crippen LogP contribution is 2.21. The topological polar surface area (TPSA) is 41.0 Å². The van der Waals surface area contributed by atoms with Gasteiger partial charge in [-0.25, -0.2) is 4.98 Å². The molecule has 2 aromatic heterocycles. The number of nitrogens with zero attached hydrogens (tertiary/aromatic N) is 3. The van der Waals surface area contributed by atoms with Gasteiger partial charge in [-0.3, -0.25) is 4.98 Å². The van der Waals surface area contributed by atoms with Crippen LogP contribution in [0.3, 0.4) is 0 Å². The summed E-state index contributed by atoms with van der Waals surface area (Å²) in [7, 11) is 0. The van der Waals surface area contributed by atoms with Crippen molar-refractivity contribution >= 4 is 16.9 Å². The summed E-state index contributed by atoms with van der Waals surface area (Å²) in [6, 6.07) is 8.64. The Morgan fingerprint density at radius 1 is 1.20 bits per heavy atom. The number of fused-ring (bicyclic) bond motifs is 1. The second-order valence-corrected chi connectivity index (χ2v) is 6.54. The van der Waals surface area contributed by atoms with Gasteiger partial charge < -0.3 is 10.2 Å². The molecule has 1 aliphatic rings. The Balaban J connectivity index is 1.76. The Kier molecular flexibility index (Phi) is 3.34. The lowest BCUT2D eigenvalue weighted by atomic mass is 10.1. The van der Waals surface area contributed by atoms with Crippen LogP contribution < -0.4 is 10.2 Å². The van der Waals surface area contributed by atoms with Crippen molar-refractivity contribution in [2.24, 2.45) is 0 Å². The third-order valence-corrected chi connectivity index (χ3v) is 3.59. The predicted molar refractivity (Wildman–Crippen MR) is 83.0 cm³/mol. The monoisotopic (exact) mass is 270 g/mol. The van der Waals surface area contributed by atoms with E-state index in [0.717, 1.165) is 29.9 Å². The molecule has 1 saturated heterocycles. The van der Waals surface area contributed by atoms with E-state index in [1.54, 1.807) is 0 Å². The fourth-order valence-corrected chi connectivity index (χ4v) is 2.82. The molecule has 1 atom stereocenters. The van der Waals surface area contributed by atoms with Crippen molar-refractivity contribution in [2.75, 3.05) is 18.0 Å². The average molecular weight is 270 g/mol. The van der Waals surface area contributed by atoms with Gasteiger partial charge in [0.25, 0.3) is 0 Å². The number of nitrogens with one attached hydrogen (secondary N) is 1. The second kappa shape index (κ2) is 5.02. The van der Waals surface area contributed by atoms with Crippen molar-refractivity contribution in [2.45, 2.75) is 38.8 Å². The zero-order valence-electron chi connectivity index (χ0n) is 12.4. The number of hydrogen-bond acceptors (Lipinski definition) is 4. The molecule has 0 aromatic carbocycles. The fraction of sp³-hybridized carbons (Fsp3) is 0.500. The Morgan fingerprint density at radius 2 is 2.05 bits per heavy atom. The first-order valence-electron chi connectivity index (χ1n) is 7.26. The highest BCUT2D eigenvalue weighted by atomic mass is 15.2. The quantitative estimate of drug-likeness (QED) is 0.910. The van der Waals surface area contributed by atoms with Gasteiger partial charge in [0.05, 0.1) is 11.0 Å². The van der Waals surface area contributed by atoms with Gasteiger partial charge in [0.2, 0.25) is 0 Å². The molecule has 0 bridgehead atoms. The zero-order valence-corrected chi connectivity index (χ0v) is 12.4. The Bertz CT molecular complexity index is 603. The highest BCUT2D eigenvalue weighted by Gasteiger charge is 2.26. The maximum Gasteiger partial charge on any atom is 0.129 e. The summed E-state index contributed by atoms with van der Waals surface area (Å²) in [5.41, 5.74) is 2.10. The molecule has 2 aromatic rings. The van der Waals surface area contributed by atoms with E-state index in [0.29, 0.717) is 6.04 Å². The molecule has 0 aliphatic carbocycles. The van der Waals surface area contributed by atoms with Crippen LogP contribution in [0.4, 0.5) is 5.82 Å². The lowest BCUT2D eigenvalue weighted by Crippen LogP contribution is -2.44. The molecule has 1 unspecified atom stereocenters. The molecule has 3 rings (SSSR count). The molecule has 0 saturated carbocycles. The van der Waals surface area contributed by atoms with Crippen LogP contribution in [0.1, 0.15) is 27.2 Å². The van der Waals surface area contributed by atoms with E-state index in [4.69, 9.17) is 4.98 Å². The summed E-state index contributed by atoms with van der Waals surface area (Å²) >= 11 is 0. The molecule has 0 radical (unpaired) electrons. The molecule has 4 heteroatoms. The number of pyridine rings is 2. The molecule has 20 heavy (non-hydrogen) atoms. The van der Waals surface area contributed by atoms with E-state index in [1.165, 1.54) is 6.42 Å². The molecule has 0 amide bonds. The molecular weight excluding hydrogens is 248 g/mol. The predicted octanol–water partition coefficient (Wildman–Crippen LogP) is 2.60. The van der Waals surface area contributed by atoms with Gasteiger partial charge in [0, 0.05) is 30.9 Å². The Morgan fingerprint density at radius 3 is 2.85 bits per heavy atom. The summed E-state index contributed by atoms with van der Waals surface area (Å²) in [6.07, 6.45) is 2.98. The van der Waals surface area contributed by atoms with Crippen molar-refractivity contribution in [3.8, 4) is 0 Å². The molecular formula is C16H22N4. The first-order valence-corrected chi connectivity index (χ1v) is 7.26. The summed E-state index contributed by atoms with van der Waals surface area (Å²) in [5.74, 6) is 1.06. The van der Waals surface area contributed by atoms with Gasteiger partial charge in [-0.15, -0.1) is 0 Å². The fourth-order valence-electron chi connectivity index (χ4n) is 2.82. The zero-order chi connectivity index (χ0) is 14.2. The van der Waals surface area contributed by atoms with Gasteiger partial charge in [0.1, 0.15) is 5.82 Å². The standard InChI is InChI=1S/C16H22N4/c1-16(2,3)19-12-8-10-20(11-12)15-7-6-13-14(18-15)5-4-9-17-13/h4-7,9,12,19H,8,10-11H2,1-3H3. The maximum atomic E-state index is 4.72. The largest absolute Gasteiger partial charge is 0.355 e. The van der Waals surface area contributed by atoms with Crippen molar-refractivity contribution < 1.29 is 0 Å². The number of anilines is 1. The van der Waals surface area contributed by atoms with E-state index < -0.39 is 0 Å². The first kappa shape index (κ1) is 13.3. The minimum atomic E-state index is 0.168. The maximum absolute atomic E-state index is 4.72. The summed E-state index contributed by atoms with van der Waals surface area (Å²) in [5, 5.41) is 3.67. The molecule has 3 heterocycles. The van der Waals surface area contributed by atoms with E-state index in [-0.39, 0.29) is 5.54 Å². The second-order valence-electron chi connectivity index (χ2n) is 6.54. The minimum absolute atomic E-state index is 0.168. The number of aromatic nitrogens is 2. The summed E-state index contributed by atoms with van der Waals surface area (Å²) in [6.45, 7) is 8.74.